The third kappa shape index (κ3) is 1.91. The first-order valence-corrected chi connectivity index (χ1v) is 4.07. The Kier molecular flexibility index (Phi) is 2.62. The smallest absolute Gasteiger partial charge is 0.101 e. The highest BCUT2D eigenvalue weighted by atomic mass is 127. The largest absolute Gasteiger partial charge is 0.389 e. The van der Waals surface area contributed by atoms with E-state index in [4.69, 9.17) is 5.11 Å². The lowest BCUT2D eigenvalue weighted by Gasteiger charge is -2.01. The van der Waals surface area contributed by atoms with E-state index >= 15 is 0 Å². The zero-order valence-corrected chi connectivity index (χ0v) is 7.74. The lowest BCUT2D eigenvalue weighted by molar-refractivity contribution is 0.199. The molecule has 0 bridgehead atoms. The second-order valence-electron chi connectivity index (χ2n) is 2.09. The molecule has 3 heteroatoms. The van der Waals surface area contributed by atoms with E-state index in [-0.39, 0.29) is 0 Å². The molecule has 0 saturated carbocycles. The van der Waals surface area contributed by atoms with Gasteiger partial charge in [-0.2, -0.15) is 0 Å². The Labute approximate surface area is 73.4 Å². The van der Waals surface area contributed by atoms with Crippen LogP contribution in [0.25, 0.3) is 0 Å². The van der Waals surface area contributed by atoms with E-state index < -0.39 is 6.10 Å². The number of pyridine rings is 1. The molecule has 54 valence electrons. The highest BCUT2D eigenvalue weighted by molar-refractivity contribution is 14.1. The van der Waals surface area contributed by atoms with Crippen molar-refractivity contribution in [2.45, 2.75) is 13.0 Å². The fourth-order valence-electron chi connectivity index (χ4n) is 0.634. The van der Waals surface area contributed by atoms with Gasteiger partial charge in [-0.1, -0.05) is 6.07 Å². The lowest BCUT2D eigenvalue weighted by atomic mass is 10.2. The molecule has 0 aliphatic carbocycles. The minimum absolute atomic E-state index is 0.413. The van der Waals surface area contributed by atoms with Gasteiger partial charge in [-0.3, -0.25) is 0 Å². The molecule has 0 fully saturated rings. The molecule has 10 heavy (non-hydrogen) atoms. The highest BCUT2D eigenvalue weighted by Gasteiger charge is 1.98. The van der Waals surface area contributed by atoms with Crippen LogP contribution < -0.4 is 0 Å². The van der Waals surface area contributed by atoms with Crippen molar-refractivity contribution in [1.82, 2.24) is 4.98 Å². The van der Waals surface area contributed by atoms with E-state index in [1.165, 1.54) is 0 Å². The van der Waals surface area contributed by atoms with Crippen LogP contribution in [-0.2, 0) is 0 Å². The molecule has 2 nitrogen and oxygen atoms in total. The van der Waals surface area contributed by atoms with Crippen LogP contribution in [0.5, 0.6) is 0 Å². The Morgan fingerprint density at radius 3 is 2.70 bits per heavy atom. The summed E-state index contributed by atoms with van der Waals surface area (Å²) in [6.45, 7) is 1.73. The number of aliphatic hydroxyl groups excluding tert-OH is 1. The molecule has 0 saturated heterocycles. The summed E-state index contributed by atoms with van der Waals surface area (Å²) in [6, 6.07) is 3.75. The van der Waals surface area contributed by atoms with Gasteiger partial charge in [0.1, 0.15) is 3.70 Å². The average Bonchev–Trinajstić information content (AvgIpc) is 1.88. The highest BCUT2D eigenvalue weighted by Crippen LogP contribution is 2.10. The number of hydrogen-bond donors (Lipinski definition) is 1. The summed E-state index contributed by atoms with van der Waals surface area (Å²) >= 11 is 2.13. The molecule has 0 spiro atoms. The van der Waals surface area contributed by atoms with Crippen LogP contribution >= 0.6 is 22.6 Å². The van der Waals surface area contributed by atoms with Gasteiger partial charge in [-0.15, -0.1) is 0 Å². The maximum Gasteiger partial charge on any atom is 0.101 e. The van der Waals surface area contributed by atoms with Gasteiger partial charge in [0.05, 0.1) is 6.10 Å². The van der Waals surface area contributed by atoms with Crippen molar-refractivity contribution in [2.24, 2.45) is 0 Å². The van der Waals surface area contributed by atoms with Gasteiger partial charge in [-0.25, -0.2) is 4.98 Å². The molecule has 1 rings (SSSR count). The van der Waals surface area contributed by atoms with E-state index in [9.17, 15) is 0 Å². The minimum Gasteiger partial charge on any atom is -0.389 e. The van der Waals surface area contributed by atoms with Crippen LogP contribution in [0.1, 0.15) is 18.6 Å². The summed E-state index contributed by atoms with van der Waals surface area (Å²) in [5, 5.41) is 9.07. The molecule has 1 aromatic rings. The second-order valence-corrected chi connectivity index (χ2v) is 3.20. The molecule has 0 radical (unpaired) electrons. The van der Waals surface area contributed by atoms with Gasteiger partial charge in [0, 0.05) is 6.20 Å². The molecule has 0 aliphatic rings. The van der Waals surface area contributed by atoms with Crippen molar-refractivity contribution < 1.29 is 5.11 Å². The molecule has 1 aromatic heterocycles. The fraction of sp³-hybridized carbons (Fsp3) is 0.286. The van der Waals surface area contributed by atoms with Gasteiger partial charge in [0.25, 0.3) is 0 Å². The maximum absolute atomic E-state index is 9.07. The van der Waals surface area contributed by atoms with Crippen LogP contribution in [0.15, 0.2) is 18.3 Å². The van der Waals surface area contributed by atoms with Gasteiger partial charge in [0.2, 0.25) is 0 Å². The Hall–Kier alpha value is -0.160. The van der Waals surface area contributed by atoms with Gasteiger partial charge >= 0.3 is 0 Å². The standard InChI is InChI=1S/C7H8INO/c1-5(10)6-2-3-7(8)9-4-6/h2-5,10H,1H3/t5-/m1/s1. The molecule has 1 atom stereocenters. The summed E-state index contributed by atoms with van der Waals surface area (Å²) in [5.41, 5.74) is 0.861. The van der Waals surface area contributed by atoms with Crippen molar-refractivity contribution >= 4 is 22.6 Å². The fourth-order valence-corrected chi connectivity index (χ4v) is 0.953. The van der Waals surface area contributed by atoms with E-state index in [1.54, 1.807) is 13.1 Å². The molecule has 1 N–H and O–H groups in total. The average molecular weight is 249 g/mol. The zero-order chi connectivity index (χ0) is 7.56. The molecular weight excluding hydrogens is 241 g/mol. The SMILES string of the molecule is C[C@@H](O)c1ccc(I)nc1. The van der Waals surface area contributed by atoms with Crippen molar-refractivity contribution in [2.75, 3.05) is 0 Å². The normalized spacial score (nSPS) is 13.1. The summed E-state index contributed by atoms with van der Waals surface area (Å²) in [4.78, 5) is 4.03. The number of aromatic nitrogens is 1. The number of nitrogens with zero attached hydrogens (tertiary/aromatic N) is 1. The monoisotopic (exact) mass is 249 g/mol. The lowest BCUT2D eigenvalue weighted by Crippen LogP contribution is -1.91. The Bertz CT molecular complexity index is 207. The van der Waals surface area contributed by atoms with E-state index in [1.807, 2.05) is 12.1 Å². The van der Waals surface area contributed by atoms with Crippen LogP contribution in [0.3, 0.4) is 0 Å². The number of hydrogen-bond acceptors (Lipinski definition) is 2. The number of rotatable bonds is 1. The summed E-state index contributed by atoms with van der Waals surface area (Å²) in [7, 11) is 0. The molecule has 0 unspecified atom stereocenters. The Morgan fingerprint density at radius 1 is 1.60 bits per heavy atom. The van der Waals surface area contributed by atoms with Gasteiger partial charge in [-0.05, 0) is 41.1 Å². The summed E-state index contributed by atoms with van der Waals surface area (Å²) in [5.74, 6) is 0. The first-order chi connectivity index (χ1) is 4.70. The number of halogens is 1. The summed E-state index contributed by atoms with van der Waals surface area (Å²) < 4.78 is 0.946. The zero-order valence-electron chi connectivity index (χ0n) is 5.58. The van der Waals surface area contributed by atoms with Crippen molar-refractivity contribution in [3.63, 3.8) is 0 Å². The van der Waals surface area contributed by atoms with Crippen molar-refractivity contribution in [1.29, 1.82) is 0 Å². The van der Waals surface area contributed by atoms with E-state index in [0.717, 1.165) is 9.26 Å². The van der Waals surface area contributed by atoms with Gasteiger partial charge < -0.3 is 5.11 Å². The topological polar surface area (TPSA) is 33.1 Å². The molecule has 0 aliphatic heterocycles. The predicted octanol–water partition coefficient (Wildman–Crippen LogP) is 1.74. The molecular formula is C7H8INO. The van der Waals surface area contributed by atoms with E-state index in [0.29, 0.717) is 0 Å². The van der Waals surface area contributed by atoms with Crippen LogP contribution in [0, 0.1) is 3.70 Å². The first kappa shape index (κ1) is 7.94. The molecule has 0 aromatic carbocycles. The summed E-state index contributed by atoms with van der Waals surface area (Å²) in [6.07, 6.45) is 1.27. The minimum atomic E-state index is -0.413. The molecule has 0 amide bonds. The molecule has 1 heterocycles. The van der Waals surface area contributed by atoms with Crippen molar-refractivity contribution in [3.8, 4) is 0 Å². The van der Waals surface area contributed by atoms with Crippen LogP contribution in [-0.4, -0.2) is 10.1 Å². The maximum atomic E-state index is 9.07. The van der Waals surface area contributed by atoms with Crippen LogP contribution in [0.2, 0.25) is 0 Å². The second kappa shape index (κ2) is 3.30. The van der Waals surface area contributed by atoms with Crippen LogP contribution in [0.4, 0.5) is 0 Å². The first-order valence-electron chi connectivity index (χ1n) is 2.99. The quantitative estimate of drug-likeness (QED) is 0.607. The van der Waals surface area contributed by atoms with Gasteiger partial charge in [0.15, 0.2) is 0 Å². The third-order valence-electron chi connectivity index (χ3n) is 1.23. The van der Waals surface area contributed by atoms with E-state index in [2.05, 4.69) is 27.6 Å². The third-order valence-corrected chi connectivity index (χ3v) is 1.87. The van der Waals surface area contributed by atoms with Crippen molar-refractivity contribution in [3.05, 3.63) is 27.6 Å². The Morgan fingerprint density at radius 2 is 2.30 bits per heavy atom. The predicted molar refractivity (Wildman–Crippen MR) is 47.6 cm³/mol. The Balaban J connectivity index is 2.89. The number of aliphatic hydroxyl groups is 1.